The molecule has 1 atom stereocenters. The first-order valence-electron chi connectivity index (χ1n) is 11.1. The fourth-order valence-electron chi connectivity index (χ4n) is 4.02. The molecule has 0 radical (unpaired) electrons. The van der Waals surface area contributed by atoms with E-state index in [1.807, 2.05) is 6.92 Å². The Morgan fingerprint density at radius 3 is 2.45 bits per heavy atom. The third-order valence-electron chi connectivity index (χ3n) is 5.86. The maximum atomic E-state index is 12.5. The lowest BCUT2D eigenvalue weighted by atomic mass is 10.00. The van der Waals surface area contributed by atoms with Crippen molar-refractivity contribution < 1.29 is 13.2 Å². The average molecular weight is 444 g/mol. The molecule has 7 heteroatoms. The van der Waals surface area contributed by atoms with Crippen LogP contribution >= 0.6 is 0 Å². The maximum absolute atomic E-state index is 12.5. The number of aryl methyl sites for hydroxylation is 1. The summed E-state index contributed by atoms with van der Waals surface area (Å²) < 4.78 is 27.5. The SMILES string of the molecule is CC[C@@H]1CCCCN1CCCNC(=O)c1ccc(NS(=O)(=O)c2ccc(C)cc2)cc1. The van der Waals surface area contributed by atoms with E-state index in [2.05, 4.69) is 21.9 Å². The largest absolute Gasteiger partial charge is 0.352 e. The average Bonchev–Trinajstić information content (AvgIpc) is 2.77. The van der Waals surface area contributed by atoms with Gasteiger partial charge >= 0.3 is 0 Å². The molecule has 31 heavy (non-hydrogen) atoms. The summed E-state index contributed by atoms with van der Waals surface area (Å²) in [5.41, 5.74) is 1.94. The molecule has 1 heterocycles. The van der Waals surface area contributed by atoms with Crippen LogP contribution in [-0.4, -0.2) is 44.9 Å². The summed E-state index contributed by atoms with van der Waals surface area (Å²) in [4.78, 5) is 15.2. The van der Waals surface area contributed by atoms with E-state index >= 15 is 0 Å². The van der Waals surface area contributed by atoms with Gasteiger partial charge in [-0.15, -0.1) is 0 Å². The first-order valence-corrected chi connectivity index (χ1v) is 12.6. The molecule has 1 fully saturated rings. The molecule has 168 valence electrons. The van der Waals surface area contributed by atoms with E-state index < -0.39 is 10.0 Å². The molecule has 6 nitrogen and oxygen atoms in total. The van der Waals surface area contributed by atoms with Gasteiger partial charge in [0.05, 0.1) is 4.90 Å². The quantitative estimate of drug-likeness (QED) is 0.570. The molecule has 0 unspecified atom stereocenters. The fraction of sp³-hybridized carbons (Fsp3) is 0.458. The molecule has 0 aromatic heterocycles. The highest BCUT2D eigenvalue weighted by Gasteiger charge is 2.20. The first kappa shape index (κ1) is 23.3. The van der Waals surface area contributed by atoms with Gasteiger partial charge in [-0.3, -0.25) is 9.52 Å². The number of likely N-dealkylation sites (tertiary alicyclic amines) is 1. The van der Waals surface area contributed by atoms with Gasteiger partial charge in [-0.1, -0.05) is 31.0 Å². The number of piperidine rings is 1. The van der Waals surface area contributed by atoms with E-state index in [4.69, 9.17) is 0 Å². The van der Waals surface area contributed by atoms with Gasteiger partial charge < -0.3 is 10.2 Å². The van der Waals surface area contributed by atoms with Crippen molar-refractivity contribution in [1.82, 2.24) is 10.2 Å². The van der Waals surface area contributed by atoms with Gasteiger partial charge in [-0.25, -0.2) is 8.42 Å². The minimum absolute atomic E-state index is 0.140. The number of nitrogens with zero attached hydrogens (tertiary/aromatic N) is 1. The molecular weight excluding hydrogens is 410 g/mol. The molecule has 0 saturated carbocycles. The summed E-state index contributed by atoms with van der Waals surface area (Å²) in [5, 5.41) is 2.97. The lowest BCUT2D eigenvalue weighted by molar-refractivity contribution is 0.0947. The minimum atomic E-state index is -3.65. The van der Waals surface area contributed by atoms with Crippen molar-refractivity contribution in [1.29, 1.82) is 0 Å². The van der Waals surface area contributed by atoms with Crippen LogP contribution in [0.3, 0.4) is 0 Å². The normalized spacial score (nSPS) is 17.3. The first-order chi connectivity index (χ1) is 14.9. The summed E-state index contributed by atoms with van der Waals surface area (Å²) in [7, 11) is -3.65. The maximum Gasteiger partial charge on any atom is 0.261 e. The zero-order valence-corrected chi connectivity index (χ0v) is 19.2. The van der Waals surface area contributed by atoms with E-state index in [0.29, 0.717) is 23.8 Å². The van der Waals surface area contributed by atoms with Crippen LogP contribution in [-0.2, 0) is 10.0 Å². The molecule has 2 N–H and O–H groups in total. The second-order valence-corrected chi connectivity index (χ2v) is 9.88. The monoisotopic (exact) mass is 443 g/mol. The van der Waals surface area contributed by atoms with E-state index in [1.54, 1.807) is 48.5 Å². The number of hydrogen-bond donors (Lipinski definition) is 2. The minimum Gasteiger partial charge on any atom is -0.352 e. The Balaban J connectivity index is 1.48. The van der Waals surface area contributed by atoms with Crippen molar-refractivity contribution in [2.24, 2.45) is 0 Å². The third kappa shape index (κ3) is 6.55. The molecule has 1 saturated heterocycles. The second-order valence-electron chi connectivity index (χ2n) is 8.20. The number of carbonyl (C=O) groups is 1. The highest BCUT2D eigenvalue weighted by atomic mass is 32.2. The van der Waals surface area contributed by atoms with Crippen LogP contribution < -0.4 is 10.0 Å². The van der Waals surface area contributed by atoms with Crippen molar-refractivity contribution in [3.8, 4) is 0 Å². The number of sulfonamides is 1. The van der Waals surface area contributed by atoms with Crippen LogP contribution in [0.15, 0.2) is 53.4 Å². The number of carbonyl (C=O) groups excluding carboxylic acids is 1. The zero-order valence-electron chi connectivity index (χ0n) is 18.4. The number of amides is 1. The zero-order chi connectivity index (χ0) is 22.3. The third-order valence-corrected chi connectivity index (χ3v) is 7.26. The van der Waals surface area contributed by atoms with Gasteiger partial charge in [0.1, 0.15) is 0 Å². The molecule has 1 amide bonds. The number of nitrogens with one attached hydrogen (secondary N) is 2. The predicted octanol–water partition coefficient (Wildman–Crippen LogP) is 4.18. The van der Waals surface area contributed by atoms with E-state index in [9.17, 15) is 13.2 Å². The van der Waals surface area contributed by atoms with Crippen molar-refractivity contribution >= 4 is 21.6 Å². The van der Waals surface area contributed by atoms with Crippen LogP contribution in [0.25, 0.3) is 0 Å². The molecule has 2 aromatic carbocycles. The highest BCUT2D eigenvalue weighted by molar-refractivity contribution is 7.92. The number of anilines is 1. The molecule has 2 aromatic rings. The van der Waals surface area contributed by atoms with Crippen LogP contribution in [0, 0.1) is 6.92 Å². The van der Waals surface area contributed by atoms with Crippen LogP contribution in [0.2, 0.25) is 0 Å². The highest BCUT2D eigenvalue weighted by Crippen LogP contribution is 2.19. The number of benzene rings is 2. The standard InChI is InChI=1S/C24H33N3O3S/c1-3-22-7-4-5-17-27(22)18-6-16-25-24(28)20-10-12-21(13-11-20)26-31(29,30)23-14-8-19(2)9-15-23/h8-15,22,26H,3-7,16-18H2,1-2H3,(H,25,28)/t22-/m1/s1. The summed E-state index contributed by atoms with van der Waals surface area (Å²) in [6.45, 7) is 6.96. The van der Waals surface area contributed by atoms with Gasteiger partial charge in [0.25, 0.3) is 15.9 Å². The second kappa shape index (κ2) is 10.8. The van der Waals surface area contributed by atoms with Crippen molar-refractivity contribution in [2.45, 2.75) is 56.9 Å². The van der Waals surface area contributed by atoms with Crippen molar-refractivity contribution in [3.05, 3.63) is 59.7 Å². The molecular formula is C24H33N3O3S. The van der Waals surface area contributed by atoms with E-state index in [1.165, 1.54) is 25.7 Å². The molecule has 1 aliphatic heterocycles. The molecule has 1 aliphatic rings. The Morgan fingerprint density at radius 1 is 1.06 bits per heavy atom. The Kier molecular flexibility index (Phi) is 8.09. The summed E-state index contributed by atoms with van der Waals surface area (Å²) in [6.07, 6.45) is 5.98. The van der Waals surface area contributed by atoms with E-state index in [0.717, 1.165) is 25.1 Å². The summed E-state index contributed by atoms with van der Waals surface area (Å²) >= 11 is 0. The van der Waals surface area contributed by atoms with E-state index in [-0.39, 0.29) is 10.8 Å². The van der Waals surface area contributed by atoms with Crippen LogP contribution in [0.4, 0.5) is 5.69 Å². The fourth-order valence-corrected chi connectivity index (χ4v) is 5.08. The predicted molar refractivity (Wildman–Crippen MR) is 125 cm³/mol. The van der Waals surface area contributed by atoms with Gasteiger partial charge in [0.15, 0.2) is 0 Å². The smallest absolute Gasteiger partial charge is 0.261 e. The Labute approximate surface area is 186 Å². The topological polar surface area (TPSA) is 78.5 Å². The lowest BCUT2D eigenvalue weighted by Gasteiger charge is -2.35. The Bertz CT molecular complexity index is 957. The lowest BCUT2D eigenvalue weighted by Crippen LogP contribution is -2.40. The Morgan fingerprint density at radius 2 is 1.77 bits per heavy atom. The van der Waals surface area contributed by atoms with Gasteiger partial charge in [0, 0.05) is 30.4 Å². The van der Waals surface area contributed by atoms with Crippen LogP contribution in [0.5, 0.6) is 0 Å². The van der Waals surface area contributed by atoms with Crippen molar-refractivity contribution in [3.63, 3.8) is 0 Å². The molecule has 0 aliphatic carbocycles. The summed E-state index contributed by atoms with van der Waals surface area (Å²) in [5.74, 6) is -0.140. The number of rotatable bonds is 9. The molecule has 0 spiro atoms. The van der Waals surface area contributed by atoms with Crippen molar-refractivity contribution in [2.75, 3.05) is 24.4 Å². The van der Waals surface area contributed by atoms with Gasteiger partial charge in [-0.2, -0.15) is 0 Å². The Hall–Kier alpha value is -2.38. The molecule has 0 bridgehead atoms. The molecule has 3 rings (SSSR count). The number of hydrogen-bond acceptors (Lipinski definition) is 4. The van der Waals surface area contributed by atoms with Gasteiger partial charge in [-0.05, 0) is 75.5 Å². The summed E-state index contributed by atoms with van der Waals surface area (Å²) in [6, 6.07) is 13.9. The van der Waals surface area contributed by atoms with Gasteiger partial charge in [0.2, 0.25) is 0 Å². The van der Waals surface area contributed by atoms with Crippen LogP contribution in [0.1, 0.15) is 54.9 Å².